The number of carbonyl (C=O) groups excluding carboxylic acids is 1. The van der Waals surface area contributed by atoms with Crippen LogP contribution in [0, 0.1) is 0 Å². The van der Waals surface area contributed by atoms with Crippen molar-refractivity contribution >= 4 is 48.7 Å². The zero-order chi connectivity index (χ0) is 21.1. The number of halogens is 2. The van der Waals surface area contributed by atoms with E-state index in [0.717, 1.165) is 15.6 Å². The van der Waals surface area contributed by atoms with Gasteiger partial charge in [-0.1, -0.05) is 76.6 Å². The zero-order valence-electron chi connectivity index (χ0n) is 15.8. The molecule has 0 fully saturated rings. The summed E-state index contributed by atoms with van der Waals surface area (Å²) in [5, 5.41) is 0.665. The minimum Gasteiger partial charge on any atom is -0.421 e. The lowest BCUT2D eigenvalue weighted by Gasteiger charge is -2.23. The van der Waals surface area contributed by atoms with E-state index in [1.54, 1.807) is 17.0 Å². The van der Waals surface area contributed by atoms with Crippen LogP contribution >= 0.6 is 31.9 Å². The molecule has 1 heterocycles. The quantitative estimate of drug-likeness (QED) is 0.292. The standard InChI is InChI=1S/C24H17Br2NO3/c25-19-11-18-12-20(24(29)30-22(18)21(26)13-19)23(28)27(14-16-7-3-1-4-8-16)15-17-9-5-2-6-10-17/h1-13H,14-15H2. The van der Waals surface area contributed by atoms with Crippen LogP contribution in [0.5, 0.6) is 0 Å². The highest BCUT2D eigenvalue weighted by atomic mass is 79.9. The van der Waals surface area contributed by atoms with E-state index in [4.69, 9.17) is 4.42 Å². The second-order valence-electron chi connectivity index (χ2n) is 6.89. The van der Waals surface area contributed by atoms with Gasteiger partial charge in [0.25, 0.3) is 5.91 Å². The Labute approximate surface area is 190 Å². The van der Waals surface area contributed by atoms with Crippen molar-refractivity contribution < 1.29 is 9.21 Å². The van der Waals surface area contributed by atoms with Gasteiger partial charge in [-0.25, -0.2) is 4.79 Å². The molecule has 0 aliphatic heterocycles. The number of benzene rings is 3. The second kappa shape index (κ2) is 8.98. The van der Waals surface area contributed by atoms with Crippen LogP contribution in [-0.2, 0) is 13.1 Å². The molecule has 30 heavy (non-hydrogen) atoms. The van der Waals surface area contributed by atoms with Crippen LogP contribution in [-0.4, -0.2) is 10.8 Å². The summed E-state index contributed by atoms with van der Waals surface area (Å²) in [5.41, 5.74) is 1.74. The van der Waals surface area contributed by atoms with Crippen LogP contribution in [0.4, 0.5) is 0 Å². The number of rotatable bonds is 5. The molecule has 0 spiro atoms. The van der Waals surface area contributed by atoms with Crippen LogP contribution in [0.15, 0.2) is 97.0 Å². The summed E-state index contributed by atoms with van der Waals surface area (Å²) in [6.07, 6.45) is 0. The number of carbonyl (C=O) groups is 1. The Balaban J connectivity index is 1.75. The number of hydrogen-bond donors (Lipinski definition) is 0. The molecule has 0 unspecified atom stereocenters. The molecule has 1 aromatic heterocycles. The Morgan fingerprint density at radius 1 is 0.833 bits per heavy atom. The molecule has 0 radical (unpaired) electrons. The van der Waals surface area contributed by atoms with Crippen molar-refractivity contribution in [1.29, 1.82) is 0 Å². The summed E-state index contributed by atoms with van der Waals surface area (Å²) >= 11 is 6.84. The molecule has 4 aromatic rings. The van der Waals surface area contributed by atoms with Gasteiger partial charge in [-0.05, 0) is 45.3 Å². The predicted molar refractivity (Wildman–Crippen MR) is 124 cm³/mol. The summed E-state index contributed by atoms with van der Waals surface area (Å²) in [6, 6.07) is 24.6. The van der Waals surface area contributed by atoms with Gasteiger partial charge in [0.15, 0.2) is 5.58 Å². The molecule has 6 heteroatoms. The fraction of sp³-hybridized carbons (Fsp3) is 0.0833. The molecule has 4 rings (SSSR count). The highest BCUT2D eigenvalue weighted by Crippen LogP contribution is 2.28. The summed E-state index contributed by atoms with van der Waals surface area (Å²) in [5.74, 6) is -0.366. The molecular weight excluding hydrogens is 510 g/mol. The third-order valence-corrected chi connectivity index (χ3v) is 5.75. The smallest absolute Gasteiger partial charge is 0.349 e. The van der Waals surface area contributed by atoms with Crippen molar-refractivity contribution in [2.75, 3.05) is 0 Å². The molecular formula is C24H17Br2NO3. The summed E-state index contributed by atoms with van der Waals surface area (Å²) < 4.78 is 6.95. The molecule has 0 saturated heterocycles. The summed E-state index contributed by atoms with van der Waals surface area (Å²) in [4.78, 5) is 27.8. The van der Waals surface area contributed by atoms with Crippen molar-refractivity contribution in [1.82, 2.24) is 4.90 Å². The zero-order valence-corrected chi connectivity index (χ0v) is 19.0. The van der Waals surface area contributed by atoms with Crippen LogP contribution < -0.4 is 5.63 Å². The first-order valence-corrected chi connectivity index (χ1v) is 10.9. The first-order chi connectivity index (χ1) is 14.5. The third-order valence-electron chi connectivity index (χ3n) is 4.70. The fourth-order valence-electron chi connectivity index (χ4n) is 3.28. The van der Waals surface area contributed by atoms with E-state index in [2.05, 4.69) is 31.9 Å². The van der Waals surface area contributed by atoms with Gasteiger partial charge in [0.1, 0.15) is 5.56 Å². The predicted octanol–water partition coefficient (Wildman–Crippen LogP) is 6.16. The highest BCUT2D eigenvalue weighted by molar-refractivity contribution is 9.11. The molecule has 0 aliphatic carbocycles. The summed E-state index contributed by atoms with van der Waals surface area (Å²) in [7, 11) is 0. The Morgan fingerprint density at radius 3 is 1.97 bits per heavy atom. The molecule has 0 aliphatic rings. The van der Waals surface area contributed by atoms with Crippen LogP contribution in [0.2, 0.25) is 0 Å². The first-order valence-electron chi connectivity index (χ1n) is 9.31. The largest absolute Gasteiger partial charge is 0.421 e. The topological polar surface area (TPSA) is 50.5 Å². The number of fused-ring (bicyclic) bond motifs is 1. The van der Waals surface area contributed by atoms with Gasteiger partial charge < -0.3 is 9.32 Å². The van der Waals surface area contributed by atoms with Crippen molar-refractivity contribution in [2.45, 2.75) is 13.1 Å². The van der Waals surface area contributed by atoms with E-state index >= 15 is 0 Å². The number of hydrogen-bond acceptors (Lipinski definition) is 3. The average molecular weight is 527 g/mol. The Bertz CT molecular complexity index is 1210. The molecule has 1 amide bonds. The maximum atomic E-state index is 13.4. The monoisotopic (exact) mass is 525 g/mol. The second-order valence-corrected chi connectivity index (χ2v) is 8.66. The lowest BCUT2D eigenvalue weighted by Crippen LogP contribution is -2.33. The molecule has 0 bridgehead atoms. The van der Waals surface area contributed by atoms with Crippen LogP contribution in [0.3, 0.4) is 0 Å². The molecule has 0 saturated carbocycles. The van der Waals surface area contributed by atoms with Gasteiger partial charge in [0.2, 0.25) is 0 Å². The van der Waals surface area contributed by atoms with E-state index in [0.29, 0.717) is 28.5 Å². The normalized spacial score (nSPS) is 10.9. The first kappa shape index (κ1) is 20.6. The summed E-state index contributed by atoms with van der Waals surface area (Å²) in [6.45, 7) is 0.766. The highest BCUT2D eigenvalue weighted by Gasteiger charge is 2.22. The van der Waals surface area contributed by atoms with Crippen LogP contribution in [0.1, 0.15) is 21.5 Å². The lowest BCUT2D eigenvalue weighted by atomic mass is 10.1. The maximum absolute atomic E-state index is 13.4. The molecule has 150 valence electrons. The lowest BCUT2D eigenvalue weighted by molar-refractivity contribution is 0.0726. The maximum Gasteiger partial charge on any atom is 0.349 e. The van der Waals surface area contributed by atoms with E-state index in [1.807, 2.05) is 66.7 Å². The number of amides is 1. The van der Waals surface area contributed by atoms with E-state index in [-0.39, 0.29) is 11.5 Å². The number of nitrogens with zero attached hydrogens (tertiary/aromatic N) is 1. The van der Waals surface area contributed by atoms with Gasteiger partial charge >= 0.3 is 5.63 Å². The van der Waals surface area contributed by atoms with Crippen LogP contribution in [0.25, 0.3) is 11.0 Å². The van der Waals surface area contributed by atoms with Crippen molar-refractivity contribution in [2.24, 2.45) is 0 Å². The van der Waals surface area contributed by atoms with E-state index in [1.165, 1.54) is 0 Å². The van der Waals surface area contributed by atoms with Gasteiger partial charge in [-0.15, -0.1) is 0 Å². The molecule has 0 N–H and O–H groups in total. The van der Waals surface area contributed by atoms with Gasteiger partial charge in [0.05, 0.1) is 4.47 Å². The van der Waals surface area contributed by atoms with Crippen molar-refractivity contribution in [3.63, 3.8) is 0 Å². The minimum absolute atomic E-state index is 0.0133. The Kier molecular flexibility index (Phi) is 6.16. The van der Waals surface area contributed by atoms with Gasteiger partial charge in [-0.3, -0.25) is 4.79 Å². The van der Waals surface area contributed by atoms with Crippen molar-refractivity contribution in [3.8, 4) is 0 Å². The van der Waals surface area contributed by atoms with Crippen molar-refractivity contribution in [3.05, 3.63) is 115 Å². The SMILES string of the molecule is O=C(c1cc2cc(Br)cc(Br)c2oc1=O)N(Cc1ccccc1)Cc1ccccc1. The average Bonchev–Trinajstić information content (AvgIpc) is 2.74. The van der Waals surface area contributed by atoms with E-state index < -0.39 is 5.63 Å². The van der Waals surface area contributed by atoms with Gasteiger partial charge in [0, 0.05) is 22.9 Å². The Morgan fingerprint density at radius 2 is 1.40 bits per heavy atom. The minimum atomic E-state index is -0.651. The van der Waals surface area contributed by atoms with E-state index in [9.17, 15) is 9.59 Å². The molecule has 3 aromatic carbocycles. The Hall–Kier alpha value is -2.70. The third kappa shape index (κ3) is 4.55. The fourth-order valence-corrected chi connectivity index (χ4v) is 4.62. The van der Waals surface area contributed by atoms with Gasteiger partial charge in [-0.2, -0.15) is 0 Å². The molecule has 0 atom stereocenters. The molecule has 4 nitrogen and oxygen atoms in total.